The highest BCUT2D eigenvalue weighted by Gasteiger charge is 2.28. The summed E-state index contributed by atoms with van der Waals surface area (Å²) in [4.78, 5) is 12.7. The third-order valence-electron chi connectivity index (χ3n) is 5.53. The Hall–Kier alpha value is -2.12. The van der Waals surface area contributed by atoms with Crippen molar-refractivity contribution in [3.05, 3.63) is 40.6 Å². The molecule has 1 amide bonds. The molecule has 3 atom stereocenters. The van der Waals surface area contributed by atoms with Crippen LogP contribution in [0.4, 0.5) is 0 Å². The lowest BCUT2D eigenvalue weighted by Crippen LogP contribution is -2.52. The Morgan fingerprint density at radius 1 is 1.25 bits per heavy atom. The van der Waals surface area contributed by atoms with Gasteiger partial charge in [0.2, 0.25) is 0 Å². The summed E-state index contributed by atoms with van der Waals surface area (Å²) in [6.07, 6.45) is 3.50. The highest BCUT2D eigenvalue weighted by molar-refractivity contribution is 7.80. The fourth-order valence-corrected chi connectivity index (χ4v) is 4.07. The predicted octanol–water partition coefficient (Wildman–Crippen LogP) is 4.24. The summed E-state index contributed by atoms with van der Waals surface area (Å²) in [5.74, 6) is 1.20. The molecule has 0 spiro atoms. The molecule has 150 valence electrons. The molecule has 1 aliphatic rings. The number of hydrogen-bond donors (Lipinski definition) is 3. The van der Waals surface area contributed by atoms with Gasteiger partial charge in [-0.25, -0.2) is 0 Å². The number of carbonyl (C=O) groups is 1. The molecule has 0 radical (unpaired) electrons. The van der Waals surface area contributed by atoms with Crippen LogP contribution in [0.25, 0.3) is 11.3 Å². The van der Waals surface area contributed by atoms with Gasteiger partial charge in [0, 0.05) is 11.6 Å². The zero-order valence-corrected chi connectivity index (χ0v) is 17.8. The van der Waals surface area contributed by atoms with E-state index in [-0.39, 0.29) is 5.91 Å². The van der Waals surface area contributed by atoms with E-state index in [1.165, 1.54) is 12.8 Å². The van der Waals surface area contributed by atoms with Crippen LogP contribution < -0.4 is 16.2 Å². The molecule has 1 aromatic heterocycles. The lowest BCUT2D eigenvalue weighted by Gasteiger charge is -2.35. The number of halogens is 1. The predicted molar refractivity (Wildman–Crippen MR) is 114 cm³/mol. The van der Waals surface area contributed by atoms with Crippen molar-refractivity contribution in [3.8, 4) is 11.3 Å². The molecule has 0 unspecified atom stereocenters. The number of aryl methyl sites for hydroxylation is 1. The average Bonchev–Trinajstić information content (AvgIpc) is 3.05. The van der Waals surface area contributed by atoms with Gasteiger partial charge < -0.3 is 9.84 Å². The maximum Gasteiger partial charge on any atom is 0.275 e. The van der Waals surface area contributed by atoms with Crippen LogP contribution in [0.15, 0.2) is 28.8 Å². The Morgan fingerprint density at radius 3 is 2.75 bits per heavy atom. The molecule has 0 bridgehead atoms. The van der Waals surface area contributed by atoms with E-state index in [1.54, 1.807) is 19.1 Å². The topological polar surface area (TPSA) is 79.2 Å². The zero-order valence-electron chi connectivity index (χ0n) is 16.2. The first-order chi connectivity index (χ1) is 13.4. The second kappa shape index (κ2) is 8.92. The maximum absolute atomic E-state index is 12.7. The highest BCUT2D eigenvalue weighted by Crippen LogP contribution is 2.31. The summed E-state index contributed by atoms with van der Waals surface area (Å²) in [5.41, 5.74) is 6.78. The van der Waals surface area contributed by atoms with Gasteiger partial charge in [-0.05, 0) is 43.5 Å². The first-order valence-electron chi connectivity index (χ1n) is 9.46. The van der Waals surface area contributed by atoms with Gasteiger partial charge in [-0.3, -0.25) is 15.6 Å². The average molecular weight is 421 g/mol. The van der Waals surface area contributed by atoms with Gasteiger partial charge in [0.1, 0.15) is 17.0 Å². The third kappa shape index (κ3) is 4.47. The minimum Gasteiger partial charge on any atom is -0.360 e. The van der Waals surface area contributed by atoms with E-state index in [0.29, 0.717) is 50.6 Å². The Balaban J connectivity index is 1.65. The molecule has 2 aromatic rings. The summed E-state index contributed by atoms with van der Waals surface area (Å²) in [6, 6.07) is 7.48. The SMILES string of the molecule is Cc1onc(-c2ccccc2Cl)c1C(=O)NNC(=S)N[C@H]1CCC[C@@H](C)[C@@H]1C. The fraction of sp³-hybridized carbons (Fsp3) is 0.450. The molecule has 1 heterocycles. The van der Waals surface area contributed by atoms with Crippen molar-refractivity contribution in [2.24, 2.45) is 11.8 Å². The number of nitrogens with one attached hydrogen (secondary N) is 3. The van der Waals surface area contributed by atoms with Crippen LogP contribution in [-0.4, -0.2) is 22.2 Å². The van der Waals surface area contributed by atoms with E-state index in [9.17, 15) is 4.79 Å². The third-order valence-corrected chi connectivity index (χ3v) is 6.08. The van der Waals surface area contributed by atoms with Gasteiger partial charge in [0.15, 0.2) is 5.11 Å². The normalized spacial score (nSPS) is 21.8. The standard InChI is InChI=1S/C20H25ClN4O2S/c1-11-7-6-10-16(12(11)2)22-20(28)24-23-19(26)17-13(3)27-25-18(17)14-8-4-5-9-15(14)21/h4-5,8-9,11-12,16H,6-7,10H2,1-3H3,(H,23,26)(H2,22,24,28)/t11-,12+,16+/m1/s1. The first-order valence-corrected chi connectivity index (χ1v) is 10.2. The lowest BCUT2D eigenvalue weighted by molar-refractivity contribution is 0.0942. The number of hydrogen-bond acceptors (Lipinski definition) is 4. The van der Waals surface area contributed by atoms with Crippen LogP contribution in [0.3, 0.4) is 0 Å². The van der Waals surface area contributed by atoms with Crippen LogP contribution in [0.5, 0.6) is 0 Å². The molecule has 3 N–H and O–H groups in total. The van der Waals surface area contributed by atoms with Crippen molar-refractivity contribution >= 4 is 34.8 Å². The van der Waals surface area contributed by atoms with Crippen molar-refractivity contribution in [1.82, 2.24) is 21.3 Å². The molecule has 1 aliphatic carbocycles. The molecular formula is C20H25ClN4O2S. The molecule has 1 saturated carbocycles. The Labute approximate surface area is 175 Å². The molecule has 0 aliphatic heterocycles. The van der Waals surface area contributed by atoms with Crippen LogP contribution in [0.2, 0.25) is 5.02 Å². The second-order valence-corrected chi connectivity index (χ2v) is 8.18. The first kappa shape index (κ1) is 20.6. The Bertz CT molecular complexity index is 870. The number of hydrazine groups is 1. The number of nitrogens with zero attached hydrogens (tertiary/aromatic N) is 1. The van der Waals surface area contributed by atoms with Crippen LogP contribution in [-0.2, 0) is 0 Å². The number of benzene rings is 1. The van der Waals surface area contributed by atoms with Crippen molar-refractivity contribution in [2.45, 2.75) is 46.1 Å². The van der Waals surface area contributed by atoms with Crippen LogP contribution in [0.1, 0.15) is 49.2 Å². The quantitative estimate of drug-likeness (QED) is 0.509. The van der Waals surface area contributed by atoms with Gasteiger partial charge in [-0.2, -0.15) is 0 Å². The number of carbonyl (C=O) groups excluding carboxylic acids is 1. The van der Waals surface area contributed by atoms with Crippen molar-refractivity contribution in [1.29, 1.82) is 0 Å². The minimum absolute atomic E-state index is 0.302. The van der Waals surface area contributed by atoms with Gasteiger partial charge >= 0.3 is 0 Å². The smallest absolute Gasteiger partial charge is 0.275 e. The van der Waals surface area contributed by atoms with Gasteiger partial charge in [0.05, 0.1) is 5.02 Å². The van der Waals surface area contributed by atoms with Gasteiger partial charge in [0.25, 0.3) is 5.91 Å². The Kier molecular flexibility index (Phi) is 6.57. The molecular weight excluding hydrogens is 396 g/mol. The summed E-state index contributed by atoms with van der Waals surface area (Å²) in [6.45, 7) is 6.19. The molecule has 1 aromatic carbocycles. The number of aromatic nitrogens is 1. The number of amides is 1. The summed E-state index contributed by atoms with van der Waals surface area (Å²) >= 11 is 11.6. The van der Waals surface area contributed by atoms with Crippen molar-refractivity contribution < 1.29 is 9.32 Å². The van der Waals surface area contributed by atoms with E-state index in [1.807, 2.05) is 12.1 Å². The lowest BCUT2D eigenvalue weighted by atomic mass is 9.78. The van der Waals surface area contributed by atoms with Crippen molar-refractivity contribution in [2.75, 3.05) is 0 Å². The van der Waals surface area contributed by atoms with Crippen LogP contribution >= 0.6 is 23.8 Å². The van der Waals surface area contributed by atoms with Crippen molar-refractivity contribution in [3.63, 3.8) is 0 Å². The van der Waals surface area contributed by atoms with Gasteiger partial charge in [-0.15, -0.1) is 0 Å². The molecule has 8 heteroatoms. The summed E-state index contributed by atoms with van der Waals surface area (Å²) < 4.78 is 5.23. The molecule has 0 saturated heterocycles. The van der Waals surface area contributed by atoms with E-state index in [2.05, 4.69) is 35.2 Å². The number of thiocarbonyl (C=S) groups is 1. The molecule has 3 rings (SSSR count). The highest BCUT2D eigenvalue weighted by atomic mass is 35.5. The second-order valence-electron chi connectivity index (χ2n) is 7.37. The Morgan fingerprint density at radius 2 is 2.00 bits per heavy atom. The van der Waals surface area contributed by atoms with Crippen LogP contribution in [0, 0.1) is 18.8 Å². The summed E-state index contributed by atoms with van der Waals surface area (Å²) in [7, 11) is 0. The fourth-order valence-electron chi connectivity index (χ4n) is 3.64. The van der Waals surface area contributed by atoms with Gasteiger partial charge in [-0.1, -0.05) is 61.6 Å². The summed E-state index contributed by atoms with van der Waals surface area (Å²) in [5, 5.41) is 8.22. The van der Waals surface area contributed by atoms with E-state index < -0.39 is 0 Å². The van der Waals surface area contributed by atoms with E-state index in [0.717, 1.165) is 6.42 Å². The number of rotatable bonds is 3. The van der Waals surface area contributed by atoms with E-state index >= 15 is 0 Å². The molecule has 1 fully saturated rings. The monoisotopic (exact) mass is 420 g/mol. The van der Waals surface area contributed by atoms with E-state index in [4.69, 9.17) is 28.3 Å². The zero-order chi connectivity index (χ0) is 20.3. The largest absolute Gasteiger partial charge is 0.360 e. The minimum atomic E-state index is -0.386. The molecule has 6 nitrogen and oxygen atoms in total. The molecule has 28 heavy (non-hydrogen) atoms. The maximum atomic E-state index is 12.7.